The van der Waals surface area contributed by atoms with Crippen LogP contribution in [-0.2, 0) is 0 Å². The molecule has 0 unspecified atom stereocenters. The van der Waals surface area contributed by atoms with E-state index in [1.807, 2.05) is 70.2 Å². The van der Waals surface area contributed by atoms with E-state index >= 15 is 0 Å². The van der Waals surface area contributed by atoms with E-state index in [9.17, 15) is 0 Å². The number of rotatable bonds is 5. The van der Waals surface area contributed by atoms with E-state index in [-0.39, 0.29) is 52.2 Å². The van der Waals surface area contributed by atoms with Gasteiger partial charge >= 0.3 is 23.1 Å². The Morgan fingerprint density at radius 2 is 1.36 bits per heavy atom. The van der Waals surface area contributed by atoms with Crippen LogP contribution in [0.3, 0.4) is 0 Å². The van der Waals surface area contributed by atoms with E-state index in [1.54, 1.807) is 0 Å². The smallest absolute Gasteiger partial charge is 1.00 e. The second-order valence-corrected chi connectivity index (χ2v) is 5.24. The normalized spacial score (nSPS) is 9.91. The molecule has 0 aliphatic carbocycles. The van der Waals surface area contributed by atoms with Gasteiger partial charge in [0.25, 0.3) is 0 Å². The molecule has 0 aliphatic rings. The minimum Gasteiger partial charge on any atom is -1.00 e. The van der Waals surface area contributed by atoms with E-state index in [4.69, 9.17) is 9.47 Å². The third-order valence-corrected chi connectivity index (χ3v) is 2.69. The zero-order valence-electron chi connectivity index (χ0n) is 13.6. The molecule has 2 rings (SSSR count). The Labute approximate surface area is 160 Å². The van der Waals surface area contributed by atoms with Crippen LogP contribution in [0.2, 0.25) is 0 Å². The maximum absolute atomic E-state index is 5.92. The summed E-state index contributed by atoms with van der Waals surface area (Å²) in [6, 6.07) is 17.0. The molecule has 2 aromatic rings. The first kappa shape index (κ1) is 21.3. The molecule has 0 fully saturated rings. The summed E-state index contributed by atoms with van der Waals surface area (Å²) >= 11 is 0. The van der Waals surface area contributed by atoms with Crippen molar-refractivity contribution in [3.05, 3.63) is 48.5 Å². The molecule has 0 bridgehead atoms. The average molecular weight is 374 g/mol. The van der Waals surface area contributed by atoms with Gasteiger partial charge in [-0.1, -0.05) is 6.07 Å². The number of halogens is 1. The summed E-state index contributed by atoms with van der Waals surface area (Å²) in [5, 5.41) is 0. The van der Waals surface area contributed by atoms with Gasteiger partial charge in [-0.25, -0.2) is 0 Å². The Morgan fingerprint density at radius 1 is 0.818 bits per heavy atom. The summed E-state index contributed by atoms with van der Waals surface area (Å²) in [5.41, 5.74) is 1.95. The minimum absolute atomic E-state index is 0. The maximum atomic E-state index is 5.92. The quantitative estimate of drug-likeness (QED) is 0.582. The SMILES string of the molecule is CC(C)Oc1cccc(OC(C)C)c1-c1[c-]cccc1.[Br-].[Mg+2]. The van der Waals surface area contributed by atoms with Crippen molar-refractivity contribution in [2.45, 2.75) is 39.9 Å². The van der Waals surface area contributed by atoms with E-state index in [1.165, 1.54) is 0 Å². The molecular formula is C18H21BrMgO2. The maximum Gasteiger partial charge on any atom is 2.00 e. The van der Waals surface area contributed by atoms with Gasteiger partial charge in [0.1, 0.15) is 0 Å². The monoisotopic (exact) mass is 372 g/mol. The van der Waals surface area contributed by atoms with Crippen molar-refractivity contribution in [3.63, 3.8) is 0 Å². The van der Waals surface area contributed by atoms with Gasteiger partial charge < -0.3 is 26.5 Å². The van der Waals surface area contributed by atoms with Crippen molar-refractivity contribution in [2.75, 3.05) is 0 Å². The fourth-order valence-electron chi connectivity index (χ4n) is 2.03. The van der Waals surface area contributed by atoms with Crippen LogP contribution in [0.25, 0.3) is 11.1 Å². The minimum atomic E-state index is 0. The Morgan fingerprint density at radius 3 is 1.77 bits per heavy atom. The third-order valence-electron chi connectivity index (χ3n) is 2.69. The molecular weight excluding hydrogens is 352 g/mol. The van der Waals surface area contributed by atoms with Crippen molar-refractivity contribution in [1.29, 1.82) is 0 Å². The average Bonchev–Trinajstić information content (AvgIpc) is 2.38. The molecule has 0 atom stereocenters. The van der Waals surface area contributed by atoms with Crippen molar-refractivity contribution in [1.82, 2.24) is 0 Å². The standard InChI is InChI=1S/C18H21O2.BrH.Mg/c1-13(2)19-16-11-8-12-17(20-14(3)4)18(16)15-9-6-5-7-10-15;;/h5-9,11-14H,1-4H3;1H;/q-1;;+2/p-1. The van der Waals surface area contributed by atoms with Crippen LogP contribution in [0.5, 0.6) is 11.5 Å². The molecule has 114 valence electrons. The zero-order chi connectivity index (χ0) is 14.5. The predicted molar refractivity (Wildman–Crippen MR) is 88.0 cm³/mol. The van der Waals surface area contributed by atoms with Gasteiger partial charge in [0.2, 0.25) is 0 Å². The summed E-state index contributed by atoms with van der Waals surface area (Å²) < 4.78 is 11.8. The van der Waals surface area contributed by atoms with E-state index in [2.05, 4.69) is 6.07 Å². The summed E-state index contributed by atoms with van der Waals surface area (Å²) in [6.45, 7) is 8.09. The predicted octanol–water partition coefficient (Wildman–Crippen LogP) is 1.35. The molecule has 0 spiro atoms. The van der Waals surface area contributed by atoms with Crippen LogP contribution in [0, 0.1) is 6.07 Å². The summed E-state index contributed by atoms with van der Waals surface area (Å²) in [4.78, 5) is 0. The van der Waals surface area contributed by atoms with Gasteiger partial charge in [-0.05, 0) is 45.4 Å². The molecule has 2 aromatic carbocycles. The Balaban J connectivity index is 0.00000220. The summed E-state index contributed by atoms with van der Waals surface area (Å²) in [6.07, 6.45) is 0.235. The van der Waals surface area contributed by atoms with Crippen LogP contribution in [0.15, 0.2) is 42.5 Å². The first-order chi connectivity index (χ1) is 9.58. The molecule has 0 radical (unpaired) electrons. The first-order valence-corrected chi connectivity index (χ1v) is 7.01. The number of hydrogen-bond acceptors (Lipinski definition) is 2. The fraction of sp³-hybridized carbons (Fsp3) is 0.333. The Kier molecular flexibility index (Phi) is 9.81. The number of benzene rings is 2. The van der Waals surface area contributed by atoms with Gasteiger partial charge in [-0.2, -0.15) is 0 Å². The van der Waals surface area contributed by atoms with Gasteiger partial charge in [0.05, 0.1) is 23.7 Å². The molecule has 4 heteroatoms. The van der Waals surface area contributed by atoms with Crippen LogP contribution >= 0.6 is 0 Å². The number of hydrogen-bond donors (Lipinski definition) is 0. The molecule has 0 aromatic heterocycles. The Bertz CT molecular complexity index is 528. The second-order valence-electron chi connectivity index (χ2n) is 5.24. The van der Waals surface area contributed by atoms with E-state index < -0.39 is 0 Å². The van der Waals surface area contributed by atoms with Crippen molar-refractivity contribution < 1.29 is 26.5 Å². The molecule has 22 heavy (non-hydrogen) atoms. The Hall–Kier alpha value is -0.714. The summed E-state index contributed by atoms with van der Waals surface area (Å²) in [5.74, 6) is 1.67. The van der Waals surface area contributed by atoms with Crippen LogP contribution in [0.1, 0.15) is 27.7 Å². The van der Waals surface area contributed by atoms with E-state index in [0.29, 0.717) is 0 Å². The van der Waals surface area contributed by atoms with Gasteiger partial charge in [0, 0.05) is 0 Å². The largest absolute Gasteiger partial charge is 2.00 e. The molecule has 2 nitrogen and oxygen atoms in total. The summed E-state index contributed by atoms with van der Waals surface area (Å²) in [7, 11) is 0. The molecule has 0 amide bonds. The van der Waals surface area contributed by atoms with Crippen molar-refractivity contribution in [3.8, 4) is 22.6 Å². The van der Waals surface area contributed by atoms with Crippen LogP contribution in [-0.4, -0.2) is 35.3 Å². The molecule has 0 saturated carbocycles. The van der Waals surface area contributed by atoms with Gasteiger partial charge in [-0.3, -0.25) is 0 Å². The van der Waals surface area contributed by atoms with Crippen LogP contribution < -0.4 is 26.5 Å². The van der Waals surface area contributed by atoms with Gasteiger partial charge in [0.15, 0.2) is 0 Å². The topological polar surface area (TPSA) is 18.5 Å². The first-order valence-electron chi connectivity index (χ1n) is 7.01. The number of ether oxygens (including phenoxy) is 2. The van der Waals surface area contributed by atoms with Crippen molar-refractivity contribution in [2.24, 2.45) is 0 Å². The zero-order valence-corrected chi connectivity index (χ0v) is 16.6. The second kappa shape index (κ2) is 10.1. The van der Waals surface area contributed by atoms with E-state index in [0.717, 1.165) is 22.6 Å². The van der Waals surface area contributed by atoms with Crippen molar-refractivity contribution >= 4 is 23.1 Å². The van der Waals surface area contributed by atoms with Crippen LogP contribution in [0.4, 0.5) is 0 Å². The molecule has 0 N–H and O–H groups in total. The third kappa shape index (κ3) is 5.82. The molecule has 0 aliphatic heterocycles. The fourth-order valence-corrected chi connectivity index (χ4v) is 2.03. The molecule has 0 heterocycles. The molecule has 0 saturated heterocycles. The van der Waals surface area contributed by atoms with Gasteiger partial charge in [-0.15, -0.1) is 35.9 Å².